The van der Waals surface area contributed by atoms with Crippen LogP contribution in [-0.4, -0.2) is 74.1 Å². The van der Waals surface area contributed by atoms with E-state index in [4.69, 9.17) is 25.2 Å². The number of nitrogens with zero attached hydrogens (tertiary/aromatic N) is 4. The summed E-state index contributed by atoms with van der Waals surface area (Å²) in [5.74, 6) is -0.725. The standard InChI is InChI=1S/C38H50N6O5S/c1-4-48-36(47)38-20-25(38)15-8-6-5-7-9-17-28(39)35(46)43-21-26(19-31(43)33(45)42-38)49-37-41-32-27(16-12-18-30(32)44(37)23(2)3)34-40-29(22-50-34)24-13-10-11-14-24/h8,12,15-16,18,22-26,28,31H,4-7,9-11,13-14,17,19-21,39H2,1-3H3,(H,42,45)/b15-8-/t25-,26-,28+,31+,38-/m1/s1. The van der Waals surface area contributed by atoms with Gasteiger partial charge in [0.05, 0.1) is 30.4 Å². The molecule has 0 unspecified atom stereocenters. The van der Waals surface area contributed by atoms with E-state index in [1.54, 1.807) is 23.2 Å². The number of allylic oxidation sites excluding steroid dienone is 1. The molecule has 50 heavy (non-hydrogen) atoms. The molecule has 2 aliphatic heterocycles. The number of carbonyl (C=O) groups excluding carboxylic acids is 3. The number of aromatic nitrogens is 3. The summed E-state index contributed by atoms with van der Waals surface area (Å²) in [5, 5.41) is 6.17. The number of rotatable bonds is 7. The van der Waals surface area contributed by atoms with Gasteiger partial charge in [-0.2, -0.15) is 4.98 Å². The fraction of sp³-hybridized carbons (Fsp3) is 0.605. The molecule has 7 rings (SSSR count). The Hall–Kier alpha value is -3.77. The lowest BCUT2D eigenvalue weighted by Gasteiger charge is -2.28. The molecular formula is C38H50N6O5S. The van der Waals surface area contributed by atoms with Gasteiger partial charge in [-0.1, -0.05) is 43.9 Å². The molecule has 3 aromatic rings. The third-order valence-electron chi connectivity index (χ3n) is 10.9. The molecule has 2 aromatic heterocycles. The molecule has 2 saturated carbocycles. The van der Waals surface area contributed by atoms with E-state index in [0.717, 1.165) is 47.3 Å². The van der Waals surface area contributed by atoms with E-state index in [9.17, 15) is 14.4 Å². The first-order valence-electron chi connectivity index (χ1n) is 18.6. The fourth-order valence-electron chi connectivity index (χ4n) is 8.11. The molecule has 4 heterocycles. The van der Waals surface area contributed by atoms with Crippen molar-refractivity contribution in [2.75, 3.05) is 13.2 Å². The minimum absolute atomic E-state index is 0.0325. The first-order chi connectivity index (χ1) is 24.2. The maximum Gasteiger partial charge on any atom is 0.332 e. The maximum atomic E-state index is 14.1. The minimum atomic E-state index is -1.13. The van der Waals surface area contributed by atoms with E-state index in [1.165, 1.54) is 31.4 Å². The molecular weight excluding hydrogens is 653 g/mol. The van der Waals surface area contributed by atoms with Crippen LogP contribution in [0.2, 0.25) is 0 Å². The Labute approximate surface area is 298 Å². The Bertz CT molecular complexity index is 1760. The van der Waals surface area contributed by atoms with Crippen LogP contribution in [0.5, 0.6) is 6.01 Å². The summed E-state index contributed by atoms with van der Waals surface area (Å²) in [6.45, 7) is 6.34. The van der Waals surface area contributed by atoms with Gasteiger partial charge < -0.3 is 25.4 Å². The molecule has 0 radical (unpaired) electrons. The van der Waals surface area contributed by atoms with Crippen LogP contribution in [0.1, 0.15) is 109 Å². The van der Waals surface area contributed by atoms with Gasteiger partial charge in [0.25, 0.3) is 6.01 Å². The smallest absolute Gasteiger partial charge is 0.332 e. The number of benzene rings is 1. The van der Waals surface area contributed by atoms with Crippen LogP contribution in [-0.2, 0) is 19.1 Å². The van der Waals surface area contributed by atoms with E-state index >= 15 is 0 Å². The van der Waals surface area contributed by atoms with Crippen molar-refractivity contribution in [3.63, 3.8) is 0 Å². The number of nitrogens with two attached hydrogens (primary N) is 1. The zero-order valence-electron chi connectivity index (χ0n) is 29.4. The number of imidazole rings is 1. The quantitative estimate of drug-likeness (QED) is 0.225. The first kappa shape index (κ1) is 34.7. The molecule has 268 valence electrons. The molecule has 11 nitrogen and oxygen atoms in total. The maximum absolute atomic E-state index is 14.1. The van der Waals surface area contributed by atoms with Crippen molar-refractivity contribution >= 4 is 40.2 Å². The van der Waals surface area contributed by atoms with Gasteiger partial charge in [-0.3, -0.25) is 14.2 Å². The SMILES string of the molecule is CCOC(=O)[C@@]12C[C@H]1/C=C\CCCCC[C@H](N)C(=O)N1C[C@H](Oc3nc4c(-c5nc(C6CCCC6)cs5)cccc4n3C(C)C)C[C@H]1C(=O)N2. The van der Waals surface area contributed by atoms with Gasteiger partial charge >= 0.3 is 5.97 Å². The largest absolute Gasteiger partial charge is 0.464 e. The van der Waals surface area contributed by atoms with Gasteiger partial charge in [0, 0.05) is 35.2 Å². The van der Waals surface area contributed by atoms with Crippen molar-refractivity contribution in [1.29, 1.82) is 0 Å². The van der Waals surface area contributed by atoms with E-state index < -0.39 is 35.6 Å². The van der Waals surface area contributed by atoms with Crippen LogP contribution >= 0.6 is 11.3 Å². The lowest BCUT2D eigenvalue weighted by Crippen LogP contribution is -2.55. The second kappa shape index (κ2) is 14.5. The summed E-state index contributed by atoms with van der Waals surface area (Å²) < 4.78 is 14.2. The number of amides is 2. The number of ether oxygens (including phenoxy) is 2. The van der Waals surface area contributed by atoms with E-state index in [2.05, 4.69) is 41.3 Å². The van der Waals surface area contributed by atoms with Crippen molar-refractivity contribution in [3.05, 3.63) is 41.4 Å². The number of hydrogen-bond acceptors (Lipinski definition) is 9. The van der Waals surface area contributed by atoms with Gasteiger partial charge in [-0.15, -0.1) is 11.3 Å². The van der Waals surface area contributed by atoms with Crippen LogP contribution in [0.15, 0.2) is 35.7 Å². The highest BCUT2D eigenvalue weighted by Crippen LogP contribution is 2.46. The number of nitrogens with one attached hydrogen (secondary N) is 1. The second-order valence-electron chi connectivity index (χ2n) is 14.7. The number of carbonyl (C=O) groups is 3. The summed E-state index contributed by atoms with van der Waals surface area (Å²) >= 11 is 1.66. The van der Waals surface area contributed by atoms with Crippen molar-refractivity contribution in [1.82, 2.24) is 24.8 Å². The predicted molar refractivity (Wildman–Crippen MR) is 193 cm³/mol. The molecule has 12 heteroatoms. The topological polar surface area (TPSA) is 142 Å². The molecule has 0 spiro atoms. The zero-order valence-corrected chi connectivity index (χ0v) is 30.3. The van der Waals surface area contributed by atoms with Crippen LogP contribution in [0, 0.1) is 5.92 Å². The van der Waals surface area contributed by atoms with Crippen molar-refractivity contribution in [3.8, 4) is 16.6 Å². The molecule has 4 aliphatic rings. The summed E-state index contributed by atoms with van der Waals surface area (Å²) in [5.41, 5.74) is 9.24. The average Bonchev–Trinajstić information content (AvgIpc) is 3.69. The monoisotopic (exact) mass is 702 g/mol. The number of thiazole rings is 1. The molecule has 2 amide bonds. The van der Waals surface area contributed by atoms with Gasteiger partial charge in [0.2, 0.25) is 11.8 Å². The number of fused-ring (bicyclic) bond motifs is 3. The first-order valence-corrected chi connectivity index (χ1v) is 19.4. The summed E-state index contributed by atoms with van der Waals surface area (Å²) in [7, 11) is 0. The fourth-order valence-corrected chi connectivity index (χ4v) is 9.03. The van der Waals surface area contributed by atoms with Crippen LogP contribution in [0.4, 0.5) is 0 Å². The molecule has 3 fully saturated rings. The minimum Gasteiger partial charge on any atom is -0.464 e. The molecule has 1 saturated heterocycles. The third kappa shape index (κ3) is 6.68. The molecule has 0 bridgehead atoms. The molecule has 5 atom stereocenters. The van der Waals surface area contributed by atoms with E-state index in [0.29, 0.717) is 24.8 Å². The highest BCUT2D eigenvalue weighted by molar-refractivity contribution is 7.13. The normalized spacial score (nSPS) is 28.5. The zero-order chi connectivity index (χ0) is 35.0. The highest BCUT2D eigenvalue weighted by Gasteiger charge is 2.62. The van der Waals surface area contributed by atoms with Gasteiger partial charge in [-0.05, 0) is 71.4 Å². The van der Waals surface area contributed by atoms with Crippen molar-refractivity contribution < 1.29 is 23.9 Å². The highest BCUT2D eigenvalue weighted by atomic mass is 32.1. The number of hydrogen-bond donors (Lipinski definition) is 2. The Kier molecular flexibility index (Phi) is 10.0. The average molecular weight is 703 g/mol. The van der Waals surface area contributed by atoms with Gasteiger partial charge in [0.15, 0.2) is 0 Å². The number of esters is 1. The van der Waals surface area contributed by atoms with Crippen molar-refractivity contribution in [2.24, 2.45) is 11.7 Å². The lowest BCUT2D eigenvalue weighted by molar-refractivity contribution is -0.150. The summed E-state index contributed by atoms with van der Waals surface area (Å²) in [4.78, 5) is 52.8. The summed E-state index contributed by atoms with van der Waals surface area (Å²) in [6.07, 6.45) is 13.4. The Morgan fingerprint density at radius 2 is 1.92 bits per heavy atom. The van der Waals surface area contributed by atoms with Crippen LogP contribution < -0.4 is 15.8 Å². The lowest BCUT2D eigenvalue weighted by atomic mass is 10.1. The Balaban J connectivity index is 1.18. The second-order valence-corrected chi connectivity index (χ2v) is 15.6. The summed E-state index contributed by atoms with van der Waals surface area (Å²) in [6, 6.07) is 5.05. The molecule has 2 aliphatic carbocycles. The van der Waals surface area contributed by atoms with E-state index in [-0.39, 0.29) is 37.4 Å². The molecule has 1 aromatic carbocycles. The van der Waals surface area contributed by atoms with Crippen LogP contribution in [0.3, 0.4) is 0 Å². The third-order valence-corrected chi connectivity index (χ3v) is 11.8. The van der Waals surface area contributed by atoms with Crippen LogP contribution in [0.25, 0.3) is 21.6 Å². The molecule has 3 N–H and O–H groups in total. The predicted octanol–water partition coefficient (Wildman–Crippen LogP) is 6.03. The van der Waals surface area contributed by atoms with E-state index in [1.807, 2.05) is 18.2 Å². The Morgan fingerprint density at radius 3 is 2.70 bits per heavy atom. The Morgan fingerprint density at radius 1 is 1.12 bits per heavy atom. The van der Waals surface area contributed by atoms with Crippen molar-refractivity contribution in [2.45, 2.75) is 127 Å². The number of para-hydroxylation sites is 1. The van der Waals surface area contributed by atoms with Gasteiger partial charge in [-0.25, -0.2) is 9.78 Å². The van der Waals surface area contributed by atoms with Gasteiger partial charge in [0.1, 0.15) is 28.2 Å².